The minimum absolute atomic E-state index is 0.269. The third-order valence-electron chi connectivity index (χ3n) is 0.389. The smallest absolute Gasteiger partial charge is 0.147 e. The maximum atomic E-state index is 7.96. The van der Waals surface area contributed by atoms with Crippen LogP contribution in [0.1, 0.15) is 0 Å². The summed E-state index contributed by atoms with van der Waals surface area (Å²) in [5.74, 6) is 0. The topological polar surface area (TPSA) is 47.6 Å². The molecule has 0 aliphatic carbocycles. The Bertz CT molecular complexity index is 171. The second-order valence-corrected chi connectivity index (χ2v) is 1.61. The van der Waals surface area contributed by atoms with Crippen molar-refractivity contribution in [1.29, 1.82) is 10.5 Å². The summed E-state index contributed by atoms with van der Waals surface area (Å²) in [4.78, 5) is 0. The van der Waals surface area contributed by atoms with E-state index < -0.39 is 0 Å². The van der Waals surface area contributed by atoms with E-state index in [4.69, 9.17) is 33.7 Å². The summed E-state index contributed by atoms with van der Waals surface area (Å²) in [5, 5.41) is 15.4. The number of nitriles is 2. The van der Waals surface area contributed by atoms with Gasteiger partial charge in [-0.05, 0) is 0 Å². The van der Waals surface area contributed by atoms with Crippen molar-refractivity contribution in [3.8, 4) is 12.1 Å². The molecule has 0 bridgehead atoms. The van der Waals surface area contributed by atoms with Crippen molar-refractivity contribution >= 4 is 23.2 Å². The van der Waals surface area contributed by atoms with Crippen LogP contribution < -0.4 is 0 Å². The molecule has 0 N–H and O–H groups in total. The molecule has 4 heteroatoms. The van der Waals surface area contributed by atoms with Crippen LogP contribution in [0.4, 0.5) is 0 Å². The molecule has 0 aromatic carbocycles. The summed E-state index contributed by atoms with van der Waals surface area (Å²) in [5.41, 5.74) is 0. The highest BCUT2D eigenvalue weighted by molar-refractivity contribution is 6.42. The normalized spacial score (nSPS) is 11.0. The molecule has 0 aromatic heterocycles. The molecular formula is C4Cl2N2. The standard InChI is InChI=1S/C4Cl2N2/c5-3(1-7)4(6)2-8/b4-3-. The highest BCUT2D eigenvalue weighted by Crippen LogP contribution is 2.10. The lowest BCUT2D eigenvalue weighted by atomic mass is 10.5. The van der Waals surface area contributed by atoms with Crippen LogP contribution >= 0.6 is 23.2 Å². The number of hydrogen-bond donors (Lipinski definition) is 0. The Hall–Kier alpha value is -0.700. The Morgan fingerprint density at radius 2 is 1.25 bits per heavy atom. The second-order valence-electron chi connectivity index (χ2n) is 0.852. The minimum atomic E-state index is -0.269. The monoisotopic (exact) mass is 146 g/mol. The maximum Gasteiger partial charge on any atom is 0.147 e. The van der Waals surface area contributed by atoms with Crippen molar-refractivity contribution in [2.24, 2.45) is 0 Å². The molecule has 0 aliphatic rings. The van der Waals surface area contributed by atoms with Crippen LogP contribution in [0.2, 0.25) is 0 Å². The van der Waals surface area contributed by atoms with Gasteiger partial charge in [0.1, 0.15) is 22.2 Å². The predicted octanol–water partition coefficient (Wildman–Crippen LogP) is 1.72. The molecule has 0 rings (SSSR count). The molecule has 0 saturated heterocycles. The Kier molecular flexibility index (Phi) is 3.03. The first-order valence-electron chi connectivity index (χ1n) is 1.58. The number of nitrogens with zero attached hydrogens (tertiary/aromatic N) is 2. The van der Waals surface area contributed by atoms with Crippen molar-refractivity contribution < 1.29 is 0 Å². The van der Waals surface area contributed by atoms with Crippen LogP contribution in [0.5, 0.6) is 0 Å². The zero-order chi connectivity index (χ0) is 6.57. The molecular weight excluding hydrogens is 147 g/mol. The number of rotatable bonds is 0. The highest BCUT2D eigenvalue weighted by Gasteiger charge is 1.95. The Labute approximate surface area is 56.5 Å². The Morgan fingerprint density at radius 3 is 1.38 bits per heavy atom. The fourth-order valence-electron chi connectivity index (χ4n) is 0.0982. The van der Waals surface area contributed by atoms with E-state index in [0.717, 1.165) is 0 Å². The van der Waals surface area contributed by atoms with Gasteiger partial charge in [0.05, 0.1) is 0 Å². The molecule has 0 heterocycles. The summed E-state index contributed by atoms with van der Waals surface area (Å²) < 4.78 is 0. The van der Waals surface area contributed by atoms with Crippen LogP contribution in [-0.2, 0) is 0 Å². The van der Waals surface area contributed by atoms with Crippen LogP contribution in [0.25, 0.3) is 0 Å². The maximum absolute atomic E-state index is 7.96. The zero-order valence-electron chi connectivity index (χ0n) is 3.65. The van der Waals surface area contributed by atoms with E-state index in [2.05, 4.69) is 0 Å². The van der Waals surface area contributed by atoms with Gasteiger partial charge in [-0.25, -0.2) is 0 Å². The molecule has 0 fully saturated rings. The molecule has 0 radical (unpaired) electrons. The average Bonchev–Trinajstić information content (AvgIpc) is 1.84. The van der Waals surface area contributed by atoms with E-state index in [1.165, 1.54) is 12.1 Å². The first kappa shape index (κ1) is 7.30. The Balaban J connectivity index is 4.41. The van der Waals surface area contributed by atoms with Crippen molar-refractivity contribution in [2.75, 3.05) is 0 Å². The van der Waals surface area contributed by atoms with Crippen LogP contribution in [0.3, 0.4) is 0 Å². The molecule has 0 aromatic rings. The summed E-state index contributed by atoms with van der Waals surface area (Å²) in [6.07, 6.45) is 0. The van der Waals surface area contributed by atoms with E-state index in [-0.39, 0.29) is 10.1 Å². The number of hydrogen-bond acceptors (Lipinski definition) is 2. The first-order valence-corrected chi connectivity index (χ1v) is 2.33. The SMILES string of the molecule is N#C/C(Cl)=C(/Cl)C#N. The minimum Gasteiger partial charge on any atom is -0.191 e. The summed E-state index contributed by atoms with van der Waals surface area (Å²) >= 11 is 10.2. The molecule has 0 unspecified atom stereocenters. The molecule has 0 aliphatic heterocycles. The van der Waals surface area contributed by atoms with Crippen molar-refractivity contribution in [3.63, 3.8) is 0 Å². The van der Waals surface area contributed by atoms with Crippen molar-refractivity contribution in [3.05, 3.63) is 10.1 Å². The largest absolute Gasteiger partial charge is 0.191 e. The van der Waals surface area contributed by atoms with Crippen molar-refractivity contribution in [2.45, 2.75) is 0 Å². The van der Waals surface area contributed by atoms with E-state index >= 15 is 0 Å². The highest BCUT2D eigenvalue weighted by atomic mass is 35.5. The van der Waals surface area contributed by atoms with E-state index in [9.17, 15) is 0 Å². The summed E-state index contributed by atoms with van der Waals surface area (Å²) in [7, 11) is 0. The predicted molar refractivity (Wildman–Crippen MR) is 30.0 cm³/mol. The van der Waals surface area contributed by atoms with Gasteiger partial charge in [-0.3, -0.25) is 0 Å². The molecule has 40 valence electrons. The lowest BCUT2D eigenvalue weighted by Crippen LogP contribution is -1.66. The fraction of sp³-hybridized carbons (Fsp3) is 0. The van der Waals surface area contributed by atoms with E-state index in [1.807, 2.05) is 0 Å². The van der Waals surface area contributed by atoms with Gasteiger partial charge in [-0.15, -0.1) is 0 Å². The molecule has 2 nitrogen and oxygen atoms in total. The average molecular weight is 147 g/mol. The molecule has 8 heavy (non-hydrogen) atoms. The van der Waals surface area contributed by atoms with Crippen LogP contribution in [0.15, 0.2) is 10.1 Å². The van der Waals surface area contributed by atoms with Gasteiger partial charge >= 0.3 is 0 Å². The van der Waals surface area contributed by atoms with Gasteiger partial charge in [0, 0.05) is 0 Å². The summed E-state index contributed by atoms with van der Waals surface area (Å²) in [6.45, 7) is 0. The Morgan fingerprint density at radius 1 is 1.00 bits per heavy atom. The van der Waals surface area contributed by atoms with E-state index in [0.29, 0.717) is 0 Å². The zero-order valence-corrected chi connectivity index (χ0v) is 5.16. The molecule has 0 atom stereocenters. The van der Waals surface area contributed by atoms with Crippen LogP contribution in [0, 0.1) is 22.7 Å². The fourth-order valence-corrected chi connectivity index (χ4v) is 0.183. The molecule has 0 saturated carbocycles. The molecule has 0 spiro atoms. The lowest BCUT2D eigenvalue weighted by molar-refractivity contribution is 1.50. The number of halogens is 2. The van der Waals surface area contributed by atoms with Gasteiger partial charge in [-0.1, -0.05) is 23.2 Å². The van der Waals surface area contributed by atoms with E-state index in [1.54, 1.807) is 0 Å². The summed E-state index contributed by atoms with van der Waals surface area (Å²) in [6, 6.07) is 3.01. The molecule has 0 amide bonds. The third-order valence-corrected chi connectivity index (χ3v) is 1.03. The third kappa shape index (κ3) is 1.84. The van der Waals surface area contributed by atoms with Gasteiger partial charge < -0.3 is 0 Å². The van der Waals surface area contributed by atoms with Crippen LogP contribution in [-0.4, -0.2) is 0 Å². The first-order chi connectivity index (χ1) is 3.72. The number of allylic oxidation sites excluding steroid dienone is 2. The second kappa shape index (κ2) is 3.32. The van der Waals surface area contributed by atoms with Gasteiger partial charge in [0.2, 0.25) is 0 Å². The lowest BCUT2D eigenvalue weighted by Gasteiger charge is -1.76. The quantitative estimate of drug-likeness (QED) is 0.489. The van der Waals surface area contributed by atoms with Gasteiger partial charge in [0.15, 0.2) is 0 Å². The van der Waals surface area contributed by atoms with Gasteiger partial charge in [0.25, 0.3) is 0 Å². The van der Waals surface area contributed by atoms with Crippen molar-refractivity contribution in [1.82, 2.24) is 0 Å². The van der Waals surface area contributed by atoms with Gasteiger partial charge in [-0.2, -0.15) is 10.5 Å².